The molecule has 2 aromatic carbocycles. The lowest BCUT2D eigenvalue weighted by atomic mass is 9.92. The van der Waals surface area contributed by atoms with Crippen LogP contribution in [-0.2, 0) is 13.0 Å². The summed E-state index contributed by atoms with van der Waals surface area (Å²) in [7, 11) is 0. The topological polar surface area (TPSA) is 51.7 Å². The van der Waals surface area contributed by atoms with Crippen molar-refractivity contribution in [3.05, 3.63) is 112 Å². The molecular weight excluding hydrogens is 444 g/mol. The highest BCUT2D eigenvalue weighted by Gasteiger charge is 2.33. The molecule has 2 aromatic heterocycles. The second-order valence-corrected chi connectivity index (χ2v) is 9.11. The van der Waals surface area contributed by atoms with Crippen LogP contribution in [0.2, 0.25) is 0 Å². The standard InChI is InChI=1S/C28H26N2O3S/c1-2-32-25-17-22(10-11-24(25)33-19-20-7-6-14-29-18-20)28(31)30-15-12-26-23(13-16-34-26)27(30)21-8-4-3-5-9-21/h3-11,13-14,16-18,27H,2,12,15,19H2,1H3. The zero-order valence-corrected chi connectivity index (χ0v) is 19.8. The maximum atomic E-state index is 13.8. The van der Waals surface area contributed by atoms with Gasteiger partial charge in [-0.15, -0.1) is 11.3 Å². The first kappa shape index (κ1) is 22.2. The first-order valence-electron chi connectivity index (χ1n) is 11.5. The Morgan fingerprint density at radius 2 is 1.94 bits per heavy atom. The van der Waals surface area contributed by atoms with Gasteiger partial charge < -0.3 is 14.4 Å². The molecule has 4 aromatic rings. The molecule has 1 unspecified atom stereocenters. The molecule has 1 aliphatic rings. The number of benzene rings is 2. The predicted octanol–water partition coefficient (Wildman–Crippen LogP) is 5.91. The lowest BCUT2D eigenvalue weighted by Crippen LogP contribution is -2.40. The minimum atomic E-state index is -0.0965. The van der Waals surface area contributed by atoms with Crippen molar-refractivity contribution in [2.45, 2.75) is 26.0 Å². The highest BCUT2D eigenvalue weighted by Crippen LogP contribution is 2.39. The Labute approximate surface area is 203 Å². The lowest BCUT2D eigenvalue weighted by molar-refractivity contribution is 0.0695. The van der Waals surface area contributed by atoms with Crippen LogP contribution in [0.3, 0.4) is 0 Å². The number of pyridine rings is 1. The third-order valence-corrected chi connectivity index (χ3v) is 6.95. The summed E-state index contributed by atoms with van der Waals surface area (Å²) in [5.74, 6) is 1.17. The van der Waals surface area contributed by atoms with Crippen LogP contribution in [-0.4, -0.2) is 28.9 Å². The maximum Gasteiger partial charge on any atom is 0.254 e. The normalized spacial score (nSPS) is 15.0. The Bertz CT molecular complexity index is 1260. The van der Waals surface area contributed by atoms with Crippen LogP contribution in [0.4, 0.5) is 0 Å². The molecule has 0 saturated carbocycles. The van der Waals surface area contributed by atoms with Gasteiger partial charge in [0.15, 0.2) is 11.5 Å². The van der Waals surface area contributed by atoms with Crippen molar-refractivity contribution in [3.8, 4) is 11.5 Å². The minimum absolute atomic E-state index is 0.00883. The first-order chi connectivity index (χ1) is 16.7. The predicted molar refractivity (Wildman–Crippen MR) is 134 cm³/mol. The number of carbonyl (C=O) groups excluding carboxylic acids is 1. The molecule has 5 nitrogen and oxygen atoms in total. The molecule has 1 amide bonds. The number of rotatable bonds is 7. The van der Waals surface area contributed by atoms with Crippen molar-refractivity contribution in [2.24, 2.45) is 0 Å². The van der Waals surface area contributed by atoms with Crippen LogP contribution >= 0.6 is 11.3 Å². The molecule has 0 radical (unpaired) electrons. The summed E-state index contributed by atoms with van der Waals surface area (Å²) in [6.45, 7) is 3.46. The van der Waals surface area contributed by atoms with E-state index in [0.717, 1.165) is 17.5 Å². The molecule has 1 aliphatic heterocycles. The number of ether oxygens (including phenoxy) is 2. The second kappa shape index (κ2) is 10.1. The molecule has 5 rings (SSSR count). The van der Waals surface area contributed by atoms with E-state index in [1.807, 2.05) is 54.3 Å². The number of thiophene rings is 1. The Morgan fingerprint density at radius 1 is 1.06 bits per heavy atom. The van der Waals surface area contributed by atoms with Crippen LogP contribution in [0.1, 0.15) is 44.9 Å². The van der Waals surface area contributed by atoms with Crippen molar-refractivity contribution >= 4 is 17.2 Å². The largest absolute Gasteiger partial charge is 0.490 e. The van der Waals surface area contributed by atoms with Gasteiger partial charge in [0, 0.05) is 34.9 Å². The van der Waals surface area contributed by atoms with E-state index in [9.17, 15) is 4.79 Å². The Balaban J connectivity index is 1.43. The zero-order chi connectivity index (χ0) is 23.3. The van der Waals surface area contributed by atoms with Gasteiger partial charge in [-0.05, 0) is 60.2 Å². The van der Waals surface area contributed by atoms with E-state index < -0.39 is 0 Å². The third-order valence-electron chi connectivity index (χ3n) is 5.95. The maximum absolute atomic E-state index is 13.8. The van der Waals surface area contributed by atoms with E-state index in [2.05, 4.69) is 28.6 Å². The van der Waals surface area contributed by atoms with Crippen LogP contribution in [0.5, 0.6) is 11.5 Å². The summed E-state index contributed by atoms with van der Waals surface area (Å²) >= 11 is 1.77. The van der Waals surface area contributed by atoms with E-state index in [4.69, 9.17) is 9.47 Å². The summed E-state index contributed by atoms with van der Waals surface area (Å²) in [5.41, 5.74) is 3.90. The quantitative estimate of drug-likeness (QED) is 0.337. The van der Waals surface area contributed by atoms with E-state index in [1.54, 1.807) is 29.8 Å². The Morgan fingerprint density at radius 3 is 2.74 bits per heavy atom. The summed E-state index contributed by atoms with van der Waals surface area (Å²) < 4.78 is 11.8. The van der Waals surface area contributed by atoms with Crippen molar-refractivity contribution < 1.29 is 14.3 Å². The number of hydrogen-bond donors (Lipinski definition) is 0. The summed E-state index contributed by atoms with van der Waals surface area (Å²) in [6.07, 6.45) is 4.38. The van der Waals surface area contributed by atoms with Gasteiger partial charge in [-0.1, -0.05) is 36.4 Å². The highest BCUT2D eigenvalue weighted by molar-refractivity contribution is 7.10. The second-order valence-electron chi connectivity index (χ2n) is 8.11. The van der Waals surface area contributed by atoms with Crippen LogP contribution < -0.4 is 9.47 Å². The first-order valence-corrected chi connectivity index (χ1v) is 12.3. The van der Waals surface area contributed by atoms with Crippen molar-refractivity contribution in [2.75, 3.05) is 13.2 Å². The van der Waals surface area contributed by atoms with E-state index in [0.29, 0.717) is 36.8 Å². The minimum Gasteiger partial charge on any atom is -0.490 e. The monoisotopic (exact) mass is 470 g/mol. The lowest BCUT2D eigenvalue weighted by Gasteiger charge is -2.36. The molecule has 0 bridgehead atoms. The summed E-state index contributed by atoms with van der Waals surface area (Å²) in [6, 6.07) is 21.6. The average Bonchev–Trinajstić information content (AvgIpc) is 3.37. The van der Waals surface area contributed by atoms with Crippen LogP contribution in [0, 0.1) is 0 Å². The Hall–Kier alpha value is -3.64. The number of amides is 1. The van der Waals surface area contributed by atoms with Gasteiger partial charge in [0.05, 0.1) is 12.6 Å². The number of nitrogens with zero attached hydrogens (tertiary/aromatic N) is 2. The molecule has 0 saturated heterocycles. The molecule has 34 heavy (non-hydrogen) atoms. The summed E-state index contributed by atoms with van der Waals surface area (Å²) in [5, 5.41) is 2.12. The molecule has 0 N–H and O–H groups in total. The zero-order valence-electron chi connectivity index (χ0n) is 19.0. The van der Waals surface area contributed by atoms with Gasteiger partial charge in [-0.2, -0.15) is 0 Å². The molecule has 1 atom stereocenters. The molecule has 6 heteroatoms. The average molecular weight is 471 g/mol. The van der Waals surface area contributed by atoms with Gasteiger partial charge in [-0.25, -0.2) is 0 Å². The highest BCUT2D eigenvalue weighted by atomic mass is 32.1. The van der Waals surface area contributed by atoms with Crippen LogP contribution in [0.25, 0.3) is 0 Å². The molecule has 172 valence electrons. The molecule has 3 heterocycles. The smallest absolute Gasteiger partial charge is 0.254 e. The molecule has 0 aliphatic carbocycles. The van der Waals surface area contributed by atoms with Crippen LogP contribution in [0.15, 0.2) is 84.5 Å². The fourth-order valence-corrected chi connectivity index (χ4v) is 5.27. The summed E-state index contributed by atoms with van der Waals surface area (Å²) in [4.78, 5) is 21.2. The van der Waals surface area contributed by atoms with Gasteiger partial charge in [0.1, 0.15) is 6.61 Å². The third kappa shape index (κ3) is 4.54. The SMILES string of the molecule is CCOc1cc(C(=O)N2CCc3sccc3C2c2ccccc2)ccc1OCc1cccnc1. The number of fused-ring (bicyclic) bond motifs is 1. The van der Waals surface area contributed by atoms with Crippen molar-refractivity contribution in [3.63, 3.8) is 0 Å². The van der Waals surface area contributed by atoms with Gasteiger partial charge in [0.25, 0.3) is 5.91 Å². The fraction of sp³-hybridized carbons (Fsp3) is 0.214. The van der Waals surface area contributed by atoms with Gasteiger partial charge in [-0.3, -0.25) is 9.78 Å². The number of hydrogen-bond acceptors (Lipinski definition) is 5. The Kier molecular flexibility index (Phi) is 6.58. The van der Waals surface area contributed by atoms with E-state index in [1.165, 1.54) is 10.4 Å². The van der Waals surface area contributed by atoms with Gasteiger partial charge in [0.2, 0.25) is 0 Å². The van der Waals surface area contributed by atoms with Gasteiger partial charge >= 0.3 is 0 Å². The van der Waals surface area contributed by atoms with Crippen molar-refractivity contribution in [1.29, 1.82) is 0 Å². The molecular formula is C28H26N2O3S. The van der Waals surface area contributed by atoms with E-state index in [-0.39, 0.29) is 11.9 Å². The van der Waals surface area contributed by atoms with Crippen molar-refractivity contribution in [1.82, 2.24) is 9.88 Å². The number of carbonyl (C=O) groups is 1. The van der Waals surface area contributed by atoms with E-state index >= 15 is 0 Å². The fourth-order valence-electron chi connectivity index (χ4n) is 4.37. The molecule has 0 fully saturated rings. The molecule has 0 spiro atoms. The number of aromatic nitrogens is 1.